The number of ether oxygens (including phenoxy) is 1. The van der Waals surface area contributed by atoms with E-state index in [0.717, 1.165) is 47.2 Å². The first kappa shape index (κ1) is 15.1. The lowest BCUT2D eigenvalue weighted by molar-refractivity contribution is 0.00626. The summed E-state index contributed by atoms with van der Waals surface area (Å²) < 4.78 is 7.94. The highest BCUT2D eigenvalue weighted by atomic mass is 16.5. The number of hydrogen-bond donors (Lipinski definition) is 1. The highest BCUT2D eigenvalue weighted by Gasteiger charge is 2.25. The summed E-state index contributed by atoms with van der Waals surface area (Å²) >= 11 is 0. The molecule has 6 nitrogen and oxygen atoms in total. The molecule has 0 radical (unpaired) electrons. The molecule has 1 aliphatic heterocycles. The summed E-state index contributed by atoms with van der Waals surface area (Å²) in [6.07, 6.45) is 3.88. The van der Waals surface area contributed by atoms with Crippen LogP contribution >= 0.6 is 0 Å². The smallest absolute Gasteiger partial charge is 0.124 e. The Bertz CT molecular complexity index is 955. The Kier molecular flexibility index (Phi) is 3.68. The molecule has 0 saturated carbocycles. The van der Waals surface area contributed by atoms with Crippen molar-refractivity contribution in [1.29, 1.82) is 5.26 Å². The Balaban J connectivity index is 2.02. The summed E-state index contributed by atoms with van der Waals surface area (Å²) in [4.78, 5) is 9.17. The summed E-state index contributed by atoms with van der Waals surface area (Å²) in [6.45, 7) is 3.21. The highest BCUT2D eigenvalue weighted by molar-refractivity contribution is 6.02. The van der Waals surface area contributed by atoms with E-state index in [1.165, 1.54) is 0 Å². The molecule has 0 spiro atoms. The molecule has 0 aliphatic carbocycles. The Morgan fingerprint density at radius 2 is 2.29 bits per heavy atom. The molecular formula is C18H19N5O. The minimum Gasteiger partial charge on any atom is -0.378 e. The monoisotopic (exact) mass is 321 g/mol. The first-order valence-corrected chi connectivity index (χ1v) is 8.22. The second-order valence-electron chi connectivity index (χ2n) is 6.30. The summed E-state index contributed by atoms with van der Waals surface area (Å²) in [5, 5.41) is 10.2. The van der Waals surface area contributed by atoms with E-state index in [9.17, 15) is 5.26 Å². The van der Waals surface area contributed by atoms with E-state index in [-0.39, 0.29) is 6.10 Å². The van der Waals surface area contributed by atoms with Gasteiger partial charge in [-0.05, 0) is 38.0 Å². The molecule has 6 heteroatoms. The quantitative estimate of drug-likeness (QED) is 0.783. The molecule has 1 aliphatic rings. The standard InChI is InChI=1S/C18H19N5O/c1-11-6-13(4-5-24-11)23-17(9-20)22-16-10-21-15-3-2-12(8-19)7-14(15)18(16)23/h2-3,7,10-11,13H,4-6,9,20H2,1H3/t11-,13?/m1/s1. The number of fused-ring (bicyclic) bond motifs is 3. The molecule has 2 aromatic heterocycles. The van der Waals surface area contributed by atoms with Crippen LogP contribution in [0.3, 0.4) is 0 Å². The van der Waals surface area contributed by atoms with Crippen LogP contribution in [-0.2, 0) is 11.3 Å². The van der Waals surface area contributed by atoms with Crippen LogP contribution in [0.1, 0.15) is 37.2 Å². The van der Waals surface area contributed by atoms with E-state index in [1.807, 2.05) is 12.1 Å². The van der Waals surface area contributed by atoms with Crippen molar-refractivity contribution in [2.24, 2.45) is 5.73 Å². The average molecular weight is 321 g/mol. The molecule has 24 heavy (non-hydrogen) atoms. The molecule has 1 unspecified atom stereocenters. The molecule has 1 fully saturated rings. The first-order valence-electron chi connectivity index (χ1n) is 8.22. The number of nitrogens with two attached hydrogens (primary N) is 1. The molecule has 3 heterocycles. The van der Waals surface area contributed by atoms with Crippen LogP contribution < -0.4 is 5.73 Å². The fraction of sp³-hybridized carbons (Fsp3) is 0.389. The van der Waals surface area contributed by atoms with Gasteiger partial charge < -0.3 is 15.0 Å². The van der Waals surface area contributed by atoms with Crippen molar-refractivity contribution < 1.29 is 4.74 Å². The van der Waals surface area contributed by atoms with Crippen molar-refractivity contribution in [2.45, 2.75) is 38.5 Å². The SMILES string of the molecule is C[C@@H]1CC(n2c(CN)nc3cnc4ccc(C#N)cc4c32)CCO1. The molecule has 122 valence electrons. The van der Waals surface area contributed by atoms with Gasteiger partial charge in [0.15, 0.2) is 0 Å². The zero-order valence-corrected chi connectivity index (χ0v) is 13.6. The lowest BCUT2D eigenvalue weighted by atomic mass is 10.0. The van der Waals surface area contributed by atoms with Gasteiger partial charge in [0, 0.05) is 18.0 Å². The summed E-state index contributed by atoms with van der Waals surface area (Å²) in [6, 6.07) is 8.09. The largest absolute Gasteiger partial charge is 0.378 e. The van der Waals surface area contributed by atoms with Gasteiger partial charge in [0.2, 0.25) is 0 Å². The Labute approximate surface area is 139 Å². The highest BCUT2D eigenvalue weighted by Crippen LogP contribution is 2.33. The minimum atomic E-state index is 0.217. The van der Waals surface area contributed by atoms with E-state index >= 15 is 0 Å². The molecule has 0 amide bonds. The van der Waals surface area contributed by atoms with Crippen LogP contribution in [0.2, 0.25) is 0 Å². The van der Waals surface area contributed by atoms with Gasteiger partial charge in [-0.25, -0.2) is 4.98 Å². The molecule has 3 aromatic rings. The fourth-order valence-electron chi connectivity index (χ4n) is 3.64. The summed E-state index contributed by atoms with van der Waals surface area (Å²) in [7, 11) is 0. The molecule has 2 atom stereocenters. The predicted octanol–water partition coefficient (Wildman–Crippen LogP) is 2.65. The van der Waals surface area contributed by atoms with E-state index in [2.05, 4.69) is 27.5 Å². The third-order valence-corrected chi connectivity index (χ3v) is 4.72. The predicted molar refractivity (Wildman–Crippen MR) is 91.3 cm³/mol. The second kappa shape index (κ2) is 5.86. The van der Waals surface area contributed by atoms with Crippen molar-refractivity contribution >= 4 is 21.9 Å². The van der Waals surface area contributed by atoms with Gasteiger partial charge in [0.1, 0.15) is 11.3 Å². The first-order chi connectivity index (χ1) is 11.7. The van der Waals surface area contributed by atoms with E-state index < -0.39 is 0 Å². The molecule has 1 saturated heterocycles. The van der Waals surface area contributed by atoms with Gasteiger partial charge >= 0.3 is 0 Å². The van der Waals surface area contributed by atoms with Crippen molar-refractivity contribution in [3.05, 3.63) is 35.8 Å². The van der Waals surface area contributed by atoms with Crippen LogP contribution in [0.25, 0.3) is 21.9 Å². The van der Waals surface area contributed by atoms with Crippen molar-refractivity contribution in [2.75, 3.05) is 6.61 Å². The number of aromatic nitrogens is 3. The molecular weight excluding hydrogens is 302 g/mol. The van der Waals surface area contributed by atoms with Gasteiger partial charge in [-0.15, -0.1) is 0 Å². The van der Waals surface area contributed by atoms with Crippen molar-refractivity contribution in [1.82, 2.24) is 14.5 Å². The van der Waals surface area contributed by atoms with E-state index in [4.69, 9.17) is 10.5 Å². The Morgan fingerprint density at radius 3 is 3.04 bits per heavy atom. The number of hydrogen-bond acceptors (Lipinski definition) is 5. The number of pyridine rings is 1. The molecule has 2 N–H and O–H groups in total. The second-order valence-corrected chi connectivity index (χ2v) is 6.30. The van der Waals surface area contributed by atoms with E-state index in [1.54, 1.807) is 12.3 Å². The van der Waals surface area contributed by atoms with E-state index in [0.29, 0.717) is 18.2 Å². The topological polar surface area (TPSA) is 89.8 Å². The fourth-order valence-corrected chi connectivity index (χ4v) is 3.64. The van der Waals surface area contributed by atoms with Gasteiger partial charge in [-0.1, -0.05) is 0 Å². The van der Waals surface area contributed by atoms with Gasteiger partial charge in [0.25, 0.3) is 0 Å². The third-order valence-electron chi connectivity index (χ3n) is 4.72. The van der Waals surface area contributed by atoms with Crippen molar-refractivity contribution in [3.8, 4) is 6.07 Å². The summed E-state index contributed by atoms with van der Waals surface area (Å²) in [5.74, 6) is 0.862. The van der Waals surface area contributed by atoms with Crippen molar-refractivity contribution in [3.63, 3.8) is 0 Å². The van der Waals surface area contributed by atoms with Crippen LogP contribution in [0.4, 0.5) is 0 Å². The van der Waals surface area contributed by atoms with Gasteiger partial charge in [-0.2, -0.15) is 5.26 Å². The number of nitrogens with zero attached hydrogens (tertiary/aromatic N) is 4. The number of imidazole rings is 1. The lowest BCUT2D eigenvalue weighted by Crippen LogP contribution is -2.27. The van der Waals surface area contributed by atoms with Gasteiger partial charge in [-0.3, -0.25) is 4.98 Å². The normalized spacial score (nSPS) is 21.2. The zero-order chi connectivity index (χ0) is 16.7. The maximum Gasteiger partial charge on any atom is 0.124 e. The Hall–Kier alpha value is -2.49. The Morgan fingerprint density at radius 1 is 1.42 bits per heavy atom. The van der Waals surface area contributed by atoms with Crippen LogP contribution in [-0.4, -0.2) is 27.2 Å². The van der Waals surface area contributed by atoms with Crippen LogP contribution in [0.5, 0.6) is 0 Å². The molecule has 4 rings (SSSR count). The lowest BCUT2D eigenvalue weighted by Gasteiger charge is -2.30. The maximum absolute atomic E-state index is 9.24. The van der Waals surface area contributed by atoms with Gasteiger partial charge in [0.05, 0.1) is 41.5 Å². The third kappa shape index (κ3) is 2.33. The summed E-state index contributed by atoms with van der Waals surface area (Å²) in [5.41, 5.74) is 9.32. The maximum atomic E-state index is 9.24. The average Bonchev–Trinajstić information content (AvgIpc) is 3.00. The number of nitriles is 1. The van der Waals surface area contributed by atoms with Crippen LogP contribution in [0.15, 0.2) is 24.4 Å². The zero-order valence-electron chi connectivity index (χ0n) is 13.6. The molecule has 1 aromatic carbocycles. The molecule has 0 bridgehead atoms. The van der Waals surface area contributed by atoms with Crippen LogP contribution in [0, 0.1) is 11.3 Å². The minimum absolute atomic E-state index is 0.217. The number of benzene rings is 1. The number of rotatable bonds is 2.